The average molecular weight is 318 g/mol. The summed E-state index contributed by atoms with van der Waals surface area (Å²) in [5.41, 5.74) is 2.30. The second kappa shape index (κ2) is 6.46. The van der Waals surface area contributed by atoms with Crippen LogP contribution in [-0.4, -0.2) is 12.0 Å². The predicted octanol–water partition coefficient (Wildman–Crippen LogP) is 3.83. The molecule has 1 heterocycles. The summed E-state index contributed by atoms with van der Waals surface area (Å²) in [5.74, 6) is 0.298. The molecule has 0 aliphatic heterocycles. The molecule has 22 heavy (non-hydrogen) atoms. The number of thiophene rings is 1. The van der Waals surface area contributed by atoms with Gasteiger partial charge in [0.1, 0.15) is 0 Å². The zero-order chi connectivity index (χ0) is 15.5. The Balaban J connectivity index is 1.73. The highest BCUT2D eigenvalue weighted by molar-refractivity contribution is 7.10. The summed E-state index contributed by atoms with van der Waals surface area (Å²) >= 11 is 1.82. The van der Waals surface area contributed by atoms with Crippen LogP contribution in [0.1, 0.15) is 34.9 Å². The maximum absolute atomic E-state index is 11.1. The molecule has 1 aromatic carbocycles. The van der Waals surface area contributed by atoms with Crippen LogP contribution in [0.25, 0.3) is 0 Å². The Morgan fingerprint density at radius 1 is 1.45 bits per heavy atom. The molecule has 1 unspecified atom stereocenters. The van der Waals surface area contributed by atoms with E-state index in [0.717, 1.165) is 12.0 Å². The lowest BCUT2D eigenvalue weighted by Gasteiger charge is -2.23. The number of benzene rings is 1. The smallest absolute Gasteiger partial charge is 0.311 e. The first-order chi connectivity index (χ1) is 10.7. The Morgan fingerprint density at radius 2 is 2.32 bits per heavy atom. The van der Waals surface area contributed by atoms with Gasteiger partial charge in [-0.1, -0.05) is 6.07 Å². The third kappa shape index (κ3) is 2.98. The molecule has 116 valence electrons. The fourth-order valence-corrected chi connectivity index (χ4v) is 3.92. The van der Waals surface area contributed by atoms with Crippen LogP contribution in [0.5, 0.6) is 5.75 Å². The largest absolute Gasteiger partial charge is 0.490 e. The third-order valence-corrected chi connectivity index (χ3v) is 5.04. The molecule has 2 aromatic rings. The number of hydrogen-bond donors (Lipinski definition) is 1. The second-order valence-corrected chi connectivity index (χ2v) is 6.39. The van der Waals surface area contributed by atoms with Crippen LogP contribution in [0, 0.1) is 10.1 Å². The first-order valence-corrected chi connectivity index (χ1v) is 8.18. The Kier molecular flexibility index (Phi) is 4.40. The van der Waals surface area contributed by atoms with Gasteiger partial charge >= 0.3 is 5.69 Å². The van der Waals surface area contributed by atoms with Crippen LogP contribution in [0.2, 0.25) is 0 Å². The van der Waals surface area contributed by atoms with Gasteiger partial charge in [0.05, 0.1) is 12.0 Å². The minimum Gasteiger partial charge on any atom is -0.490 e. The van der Waals surface area contributed by atoms with Crippen molar-refractivity contribution >= 4 is 17.0 Å². The van der Waals surface area contributed by atoms with E-state index in [1.807, 2.05) is 17.4 Å². The van der Waals surface area contributed by atoms with E-state index in [1.54, 1.807) is 12.1 Å². The fraction of sp³-hybridized carbons (Fsp3) is 0.375. The fourth-order valence-electron chi connectivity index (χ4n) is 2.93. The molecular weight excluding hydrogens is 300 g/mol. The van der Waals surface area contributed by atoms with Gasteiger partial charge in [-0.3, -0.25) is 10.1 Å². The average Bonchev–Trinajstić information content (AvgIpc) is 3.01. The quantitative estimate of drug-likeness (QED) is 0.672. The standard InChI is InChI=1S/C16H18N2O3S/c1-21-15-6-5-11(9-14(15)18(19)20)10-17-13-3-2-4-16-12(13)7-8-22-16/h5-9,13,17H,2-4,10H2,1H3. The Hall–Kier alpha value is -1.92. The van der Waals surface area contributed by atoms with Crippen molar-refractivity contribution in [3.05, 3.63) is 55.8 Å². The highest BCUT2D eigenvalue weighted by Crippen LogP contribution is 2.34. The summed E-state index contributed by atoms with van der Waals surface area (Å²) in [7, 11) is 1.44. The maximum Gasteiger partial charge on any atom is 0.311 e. The molecule has 1 N–H and O–H groups in total. The van der Waals surface area contributed by atoms with Crippen molar-refractivity contribution in [2.75, 3.05) is 7.11 Å². The minimum atomic E-state index is -0.403. The lowest BCUT2D eigenvalue weighted by molar-refractivity contribution is -0.385. The molecule has 1 aromatic heterocycles. The summed E-state index contributed by atoms with van der Waals surface area (Å²) in [6.07, 6.45) is 3.47. The number of rotatable bonds is 5. The van der Waals surface area contributed by atoms with E-state index in [2.05, 4.69) is 16.8 Å². The summed E-state index contributed by atoms with van der Waals surface area (Å²) in [5, 5.41) is 16.7. The Labute approximate surface area is 133 Å². The maximum atomic E-state index is 11.1. The Bertz CT molecular complexity index is 684. The molecule has 6 heteroatoms. The van der Waals surface area contributed by atoms with Crippen molar-refractivity contribution in [2.45, 2.75) is 31.8 Å². The Morgan fingerprint density at radius 3 is 3.09 bits per heavy atom. The van der Waals surface area contributed by atoms with Crippen molar-refractivity contribution < 1.29 is 9.66 Å². The monoisotopic (exact) mass is 318 g/mol. The third-order valence-electron chi connectivity index (χ3n) is 4.04. The molecule has 0 amide bonds. The van der Waals surface area contributed by atoms with Crippen LogP contribution in [0.15, 0.2) is 29.6 Å². The number of methoxy groups -OCH3 is 1. The van der Waals surface area contributed by atoms with Crippen LogP contribution in [0.4, 0.5) is 5.69 Å². The molecule has 0 spiro atoms. The van der Waals surface area contributed by atoms with Crippen molar-refractivity contribution in [1.82, 2.24) is 5.32 Å². The van der Waals surface area contributed by atoms with Gasteiger partial charge in [-0.15, -0.1) is 11.3 Å². The van der Waals surface area contributed by atoms with E-state index >= 15 is 0 Å². The lowest BCUT2D eigenvalue weighted by Crippen LogP contribution is -2.23. The van der Waals surface area contributed by atoms with E-state index < -0.39 is 4.92 Å². The molecule has 3 rings (SSSR count). The van der Waals surface area contributed by atoms with Crippen LogP contribution < -0.4 is 10.1 Å². The summed E-state index contributed by atoms with van der Waals surface area (Å²) in [4.78, 5) is 12.1. The molecular formula is C16H18N2O3S. The first kappa shape index (κ1) is 15.0. The highest BCUT2D eigenvalue weighted by atomic mass is 32.1. The van der Waals surface area contributed by atoms with Crippen molar-refractivity contribution in [2.24, 2.45) is 0 Å². The van der Waals surface area contributed by atoms with Crippen LogP contribution in [-0.2, 0) is 13.0 Å². The van der Waals surface area contributed by atoms with E-state index in [0.29, 0.717) is 18.3 Å². The number of nitro benzene ring substituents is 1. The van der Waals surface area contributed by atoms with E-state index in [-0.39, 0.29) is 5.69 Å². The molecule has 5 nitrogen and oxygen atoms in total. The highest BCUT2D eigenvalue weighted by Gasteiger charge is 2.21. The SMILES string of the molecule is COc1ccc(CNC2CCCc3sccc32)cc1[N+](=O)[O-]. The van der Waals surface area contributed by atoms with Crippen LogP contribution >= 0.6 is 11.3 Å². The number of nitro groups is 1. The summed E-state index contributed by atoms with van der Waals surface area (Å²) in [6.45, 7) is 0.616. The zero-order valence-corrected chi connectivity index (χ0v) is 13.2. The molecule has 0 saturated heterocycles. The molecule has 0 saturated carbocycles. The molecule has 0 fully saturated rings. The van der Waals surface area contributed by atoms with Gasteiger partial charge < -0.3 is 10.1 Å². The van der Waals surface area contributed by atoms with E-state index in [9.17, 15) is 10.1 Å². The van der Waals surface area contributed by atoms with Gasteiger partial charge in [0.15, 0.2) is 5.75 Å². The molecule has 1 atom stereocenters. The molecule has 0 radical (unpaired) electrons. The van der Waals surface area contributed by atoms with E-state index in [4.69, 9.17) is 4.74 Å². The van der Waals surface area contributed by atoms with Gasteiger partial charge in [-0.05, 0) is 47.9 Å². The molecule has 1 aliphatic carbocycles. The molecule has 0 bridgehead atoms. The normalized spacial score (nSPS) is 17.0. The van der Waals surface area contributed by atoms with Gasteiger partial charge in [-0.2, -0.15) is 0 Å². The van der Waals surface area contributed by atoms with Crippen molar-refractivity contribution in [1.29, 1.82) is 0 Å². The number of ether oxygens (including phenoxy) is 1. The van der Waals surface area contributed by atoms with E-state index in [1.165, 1.54) is 30.4 Å². The van der Waals surface area contributed by atoms with Gasteiger partial charge in [0.25, 0.3) is 0 Å². The van der Waals surface area contributed by atoms with Gasteiger partial charge in [0.2, 0.25) is 0 Å². The first-order valence-electron chi connectivity index (χ1n) is 7.30. The topological polar surface area (TPSA) is 64.4 Å². The minimum absolute atomic E-state index is 0.0154. The van der Waals surface area contributed by atoms with Gasteiger partial charge in [0, 0.05) is 23.5 Å². The van der Waals surface area contributed by atoms with Crippen molar-refractivity contribution in [3.8, 4) is 5.75 Å². The zero-order valence-electron chi connectivity index (χ0n) is 12.4. The number of hydrogen-bond acceptors (Lipinski definition) is 5. The summed E-state index contributed by atoms with van der Waals surface area (Å²) in [6, 6.07) is 7.65. The summed E-state index contributed by atoms with van der Waals surface area (Å²) < 4.78 is 5.03. The van der Waals surface area contributed by atoms with Crippen molar-refractivity contribution in [3.63, 3.8) is 0 Å². The second-order valence-electron chi connectivity index (χ2n) is 5.39. The lowest BCUT2D eigenvalue weighted by atomic mass is 9.94. The number of fused-ring (bicyclic) bond motifs is 1. The number of nitrogens with zero attached hydrogens (tertiary/aromatic N) is 1. The number of nitrogens with one attached hydrogen (secondary N) is 1. The van der Waals surface area contributed by atoms with Crippen LogP contribution in [0.3, 0.4) is 0 Å². The van der Waals surface area contributed by atoms with Gasteiger partial charge in [-0.25, -0.2) is 0 Å². The number of aryl methyl sites for hydroxylation is 1. The predicted molar refractivity (Wildman–Crippen MR) is 86.5 cm³/mol. The molecule has 1 aliphatic rings.